The largest absolute Gasteiger partial charge is 0.703 e. The number of aromatic amines is 1. The van der Waals surface area contributed by atoms with Crippen molar-refractivity contribution in [1.82, 2.24) is 30.0 Å². The Bertz CT molecular complexity index is 920. The second-order valence-electron chi connectivity index (χ2n) is 5.16. The number of amides is 1. The smallest absolute Gasteiger partial charge is 0.242 e. The van der Waals surface area contributed by atoms with Crippen molar-refractivity contribution in [2.75, 3.05) is 5.32 Å². The lowest BCUT2D eigenvalue weighted by Crippen LogP contribution is -2.32. The molecule has 1 amide bonds. The van der Waals surface area contributed by atoms with Crippen molar-refractivity contribution in [3.05, 3.63) is 34.9 Å². The van der Waals surface area contributed by atoms with Crippen molar-refractivity contribution in [3.8, 4) is 5.69 Å². The molecule has 3 rings (SSSR count). The third kappa shape index (κ3) is 4.67. The van der Waals surface area contributed by atoms with Crippen LogP contribution in [0.4, 0.5) is 5.69 Å². The van der Waals surface area contributed by atoms with E-state index in [1.807, 2.05) is 37.7 Å². The van der Waals surface area contributed by atoms with Gasteiger partial charge >= 0.3 is 0 Å². The Morgan fingerprint density at radius 2 is 2.16 bits per heavy atom. The highest BCUT2D eigenvalue weighted by Crippen LogP contribution is 2.13. The third-order valence-corrected chi connectivity index (χ3v) is 3.99. The number of carbonyl (C=O) groups is 1. The SMILES string of the molecule is CC(=O)Nc1cccc(-n2[nH]nnc2=S)c1.Cc1n(C)nc([S-])[n+]1C. The molecular weight excluding hydrogens is 360 g/mol. The normalized spacial score (nSPS) is 10.1. The van der Waals surface area contributed by atoms with Crippen LogP contribution in [0.1, 0.15) is 12.7 Å². The van der Waals surface area contributed by atoms with Crippen LogP contribution < -0.4 is 9.88 Å². The Balaban J connectivity index is 0.000000212. The standard InChI is InChI=1S/C9H9N5OS.C5H9N3S/c1-6(15)10-7-3-2-4-8(5-7)14-9(16)11-12-13-14;1-4-7(2)5(9)6-8(4)3/h2-5H,1H3,(H,10,15)(H,11,13,16);1-3H3. The van der Waals surface area contributed by atoms with Crippen LogP contribution in [0.2, 0.25) is 0 Å². The van der Waals surface area contributed by atoms with E-state index in [1.54, 1.807) is 21.5 Å². The van der Waals surface area contributed by atoms with Gasteiger partial charge in [-0.2, -0.15) is 5.21 Å². The van der Waals surface area contributed by atoms with Gasteiger partial charge in [0.15, 0.2) is 5.16 Å². The summed E-state index contributed by atoms with van der Waals surface area (Å²) < 4.78 is 5.51. The molecule has 0 radical (unpaired) electrons. The van der Waals surface area contributed by atoms with Gasteiger partial charge in [-0.15, -0.1) is 4.68 Å². The van der Waals surface area contributed by atoms with Crippen LogP contribution in [-0.4, -0.2) is 35.9 Å². The molecule has 9 nitrogen and oxygen atoms in total. The number of aryl methyl sites for hydroxylation is 1. The van der Waals surface area contributed by atoms with Crippen LogP contribution in [0.5, 0.6) is 0 Å². The molecule has 0 atom stereocenters. The maximum atomic E-state index is 10.9. The molecule has 0 fully saturated rings. The first-order valence-electron chi connectivity index (χ1n) is 7.24. The Kier molecular flexibility index (Phi) is 5.93. The fourth-order valence-corrected chi connectivity index (χ4v) is 2.36. The first-order chi connectivity index (χ1) is 11.8. The Morgan fingerprint density at radius 3 is 2.60 bits per heavy atom. The zero-order valence-electron chi connectivity index (χ0n) is 14.2. The number of H-pyrrole nitrogens is 1. The molecule has 0 spiro atoms. The van der Waals surface area contributed by atoms with Gasteiger partial charge in [0, 0.05) is 24.6 Å². The van der Waals surface area contributed by atoms with Crippen LogP contribution in [0, 0.1) is 11.7 Å². The van der Waals surface area contributed by atoms with Crippen molar-refractivity contribution in [1.29, 1.82) is 0 Å². The predicted octanol–water partition coefficient (Wildman–Crippen LogP) is 0.742. The zero-order chi connectivity index (χ0) is 18.6. The summed E-state index contributed by atoms with van der Waals surface area (Å²) in [5, 5.41) is 17.2. The van der Waals surface area contributed by atoms with Gasteiger partial charge in [0.1, 0.15) is 0 Å². The first kappa shape index (κ1) is 18.7. The Morgan fingerprint density at radius 1 is 1.44 bits per heavy atom. The van der Waals surface area contributed by atoms with E-state index in [0.717, 1.165) is 11.5 Å². The number of tetrazole rings is 1. The molecule has 0 saturated heterocycles. The predicted molar refractivity (Wildman–Crippen MR) is 95.6 cm³/mol. The van der Waals surface area contributed by atoms with Gasteiger partial charge < -0.3 is 17.9 Å². The molecule has 132 valence electrons. The molecular formula is C14H18N8OS2. The molecule has 0 aliphatic rings. The Labute approximate surface area is 155 Å². The minimum Gasteiger partial charge on any atom is -0.703 e. The monoisotopic (exact) mass is 378 g/mol. The second-order valence-corrected chi connectivity index (χ2v) is 5.89. The molecule has 2 N–H and O–H groups in total. The topological polar surface area (TPSA) is 97.3 Å². The summed E-state index contributed by atoms with van der Waals surface area (Å²) in [6.07, 6.45) is 0. The first-order valence-corrected chi connectivity index (χ1v) is 8.06. The summed E-state index contributed by atoms with van der Waals surface area (Å²) in [5.74, 6) is 0.948. The maximum Gasteiger partial charge on any atom is 0.242 e. The van der Waals surface area contributed by atoms with Crippen molar-refractivity contribution in [2.24, 2.45) is 14.1 Å². The van der Waals surface area contributed by atoms with E-state index in [-0.39, 0.29) is 5.91 Å². The molecule has 2 aromatic heterocycles. The van der Waals surface area contributed by atoms with Gasteiger partial charge in [0.25, 0.3) is 0 Å². The van der Waals surface area contributed by atoms with Crippen molar-refractivity contribution in [3.63, 3.8) is 0 Å². The number of benzene rings is 1. The third-order valence-electron chi connectivity index (χ3n) is 3.37. The fourth-order valence-electron chi connectivity index (χ4n) is 1.91. The molecule has 0 aliphatic heterocycles. The fraction of sp³-hybridized carbons (Fsp3) is 0.286. The summed E-state index contributed by atoms with van der Waals surface area (Å²) in [7, 11) is 3.79. The molecule has 0 saturated carbocycles. The molecule has 2 heterocycles. The summed E-state index contributed by atoms with van der Waals surface area (Å²) in [6.45, 7) is 3.43. The number of rotatable bonds is 2. The number of aromatic nitrogens is 7. The molecule has 0 aliphatic carbocycles. The second kappa shape index (κ2) is 7.94. The van der Waals surface area contributed by atoms with Crippen LogP contribution >= 0.6 is 12.2 Å². The average Bonchev–Trinajstić information content (AvgIpc) is 3.07. The number of nitrogens with one attached hydrogen (secondary N) is 2. The summed E-state index contributed by atoms with van der Waals surface area (Å²) in [5.41, 5.74) is 1.46. The van der Waals surface area contributed by atoms with Gasteiger partial charge in [0.2, 0.25) is 16.5 Å². The van der Waals surface area contributed by atoms with Crippen molar-refractivity contribution >= 4 is 36.4 Å². The number of hydrogen-bond acceptors (Lipinski definition) is 6. The van der Waals surface area contributed by atoms with E-state index in [9.17, 15) is 4.79 Å². The van der Waals surface area contributed by atoms with Gasteiger partial charge in [0.05, 0.1) is 19.8 Å². The van der Waals surface area contributed by atoms with E-state index in [2.05, 4.69) is 25.9 Å². The van der Waals surface area contributed by atoms with Crippen LogP contribution in [-0.2, 0) is 31.5 Å². The van der Waals surface area contributed by atoms with E-state index in [1.165, 1.54) is 6.92 Å². The quantitative estimate of drug-likeness (QED) is 0.388. The number of nitrogens with zero attached hydrogens (tertiary/aromatic N) is 6. The highest BCUT2D eigenvalue weighted by molar-refractivity contribution is 7.71. The molecule has 25 heavy (non-hydrogen) atoms. The number of hydrogen-bond donors (Lipinski definition) is 2. The van der Waals surface area contributed by atoms with Crippen LogP contribution in [0.15, 0.2) is 29.4 Å². The van der Waals surface area contributed by atoms with Gasteiger partial charge in [-0.1, -0.05) is 16.4 Å². The lowest BCUT2D eigenvalue weighted by Gasteiger charge is -2.05. The highest BCUT2D eigenvalue weighted by Gasteiger charge is 2.05. The number of carbonyl (C=O) groups excluding carboxylic acids is 1. The van der Waals surface area contributed by atoms with Gasteiger partial charge in [-0.05, 0) is 30.4 Å². The number of anilines is 1. The summed E-state index contributed by atoms with van der Waals surface area (Å²) >= 11 is 9.86. The minimum atomic E-state index is -0.122. The maximum absolute atomic E-state index is 10.9. The summed E-state index contributed by atoms with van der Waals surface area (Å²) in [6, 6.07) is 7.21. The molecule has 0 bridgehead atoms. The Hall–Kier alpha value is -2.66. The highest BCUT2D eigenvalue weighted by atomic mass is 32.1. The molecule has 0 unspecified atom stereocenters. The molecule has 3 aromatic rings. The van der Waals surface area contributed by atoms with E-state index >= 15 is 0 Å². The van der Waals surface area contributed by atoms with Crippen LogP contribution in [0.3, 0.4) is 0 Å². The van der Waals surface area contributed by atoms with E-state index < -0.39 is 0 Å². The van der Waals surface area contributed by atoms with Gasteiger partial charge in [-0.3, -0.25) is 9.36 Å². The van der Waals surface area contributed by atoms with E-state index in [0.29, 0.717) is 15.6 Å². The molecule has 1 aromatic carbocycles. The van der Waals surface area contributed by atoms with Crippen molar-refractivity contribution < 1.29 is 9.36 Å². The lowest BCUT2D eigenvalue weighted by atomic mass is 10.3. The van der Waals surface area contributed by atoms with Crippen molar-refractivity contribution in [2.45, 2.75) is 19.0 Å². The summed E-state index contributed by atoms with van der Waals surface area (Å²) in [4.78, 5) is 10.9. The van der Waals surface area contributed by atoms with Gasteiger partial charge in [-0.25, -0.2) is 4.68 Å². The molecule has 11 heteroatoms. The van der Waals surface area contributed by atoms with Crippen LogP contribution in [0.25, 0.3) is 5.69 Å². The average molecular weight is 378 g/mol. The van der Waals surface area contributed by atoms with E-state index in [4.69, 9.17) is 24.8 Å². The lowest BCUT2D eigenvalue weighted by molar-refractivity contribution is -0.715. The minimum absolute atomic E-state index is 0.122. The zero-order valence-corrected chi connectivity index (χ0v) is 15.9.